The van der Waals surface area contributed by atoms with Crippen molar-refractivity contribution in [1.82, 2.24) is 5.32 Å². The van der Waals surface area contributed by atoms with Gasteiger partial charge in [0.25, 0.3) is 0 Å². The number of amides is 1. The zero-order chi connectivity index (χ0) is 63.3. The molecule has 12 N–H and O–H groups in total. The van der Waals surface area contributed by atoms with E-state index in [4.69, 9.17) is 28.4 Å². The van der Waals surface area contributed by atoms with Gasteiger partial charge in [0, 0.05) is 6.42 Å². The van der Waals surface area contributed by atoms with Crippen molar-refractivity contribution in [2.75, 3.05) is 26.4 Å². The molecule has 19 nitrogen and oxygen atoms in total. The summed E-state index contributed by atoms with van der Waals surface area (Å²) >= 11 is 0. The van der Waals surface area contributed by atoms with E-state index in [0.717, 1.165) is 44.9 Å². The van der Waals surface area contributed by atoms with E-state index < -0.39 is 124 Å². The molecule has 19 heteroatoms. The predicted octanol–water partition coefficient (Wildman–Crippen LogP) is 9.28. The number of carbonyl (C=O) groups is 1. The lowest BCUT2D eigenvalue weighted by Gasteiger charge is -2.48. The van der Waals surface area contributed by atoms with E-state index in [1.807, 2.05) is 6.08 Å². The van der Waals surface area contributed by atoms with Gasteiger partial charge in [0.2, 0.25) is 5.91 Å². The highest BCUT2D eigenvalue weighted by molar-refractivity contribution is 5.76. The Morgan fingerprint density at radius 1 is 0.402 bits per heavy atom. The molecular formula is C68H129NO18. The Morgan fingerprint density at radius 3 is 1.08 bits per heavy atom. The fourth-order valence-electron chi connectivity index (χ4n) is 12.3. The SMILES string of the molecule is CCCCCCCCCCCCCCCCCC/C=C/C(O)C(COC1OC(CO)C(OC2OC(CO)C(OC3OC(CO)C(O)C(O)C3O)C(O)C2O)C(O)C1O)NC(=O)CCCCCCCCCCCCCCCCCCCCCCCCCC. The fraction of sp³-hybridized carbons (Fsp3) is 0.956. The van der Waals surface area contributed by atoms with E-state index in [2.05, 4.69) is 19.2 Å². The van der Waals surface area contributed by atoms with E-state index in [0.29, 0.717) is 6.42 Å². The molecule has 0 radical (unpaired) electrons. The average Bonchev–Trinajstić information content (AvgIpc) is 2.37. The number of rotatable bonds is 55. The van der Waals surface area contributed by atoms with Gasteiger partial charge in [-0.05, 0) is 19.3 Å². The Hall–Kier alpha value is -1.47. The number of hydrogen-bond donors (Lipinski definition) is 12. The zero-order valence-corrected chi connectivity index (χ0v) is 54.3. The van der Waals surface area contributed by atoms with Crippen molar-refractivity contribution < 1.29 is 89.4 Å². The van der Waals surface area contributed by atoms with E-state index >= 15 is 0 Å². The molecule has 0 aliphatic carbocycles. The lowest BCUT2D eigenvalue weighted by Crippen LogP contribution is -2.66. The average molecular weight is 1250 g/mol. The summed E-state index contributed by atoms with van der Waals surface area (Å²) in [4.78, 5) is 13.4. The summed E-state index contributed by atoms with van der Waals surface area (Å²) in [5.74, 6) is -0.269. The molecule has 1 amide bonds. The minimum atomic E-state index is -1.98. The van der Waals surface area contributed by atoms with Crippen molar-refractivity contribution in [3.05, 3.63) is 12.2 Å². The molecule has 17 unspecified atom stereocenters. The predicted molar refractivity (Wildman–Crippen MR) is 337 cm³/mol. The smallest absolute Gasteiger partial charge is 0.220 e. The van der Waals surface area contributed by atoms with Gasteiger partial charge < -0.3 is 89.9 Å². The molecular weight excluding hydrogens is 1120 g/mol. The minimum absolute atomic E-state index is 0.250. The number of aliphatic hydroxyl groups excluding tert-OH is 11. The first-order chi connectivity index (χ1) is 42.3. The largest absolute Gasteiger partial charge is 0.394 e. The monoisotopic (exact) mass is 1250 g/mol. The standard InChI is InChI=1S/C68H129NO18/c1-3-5-7-9-11-13-15-17-19-21-23-24-25-26-27-28-30-32-34-36-38-40-42-44-46-56(74)69-51(52(73)45-43-41-39-37-35-33-31-29-22-20-18-16-14-12-10-8-6-4-2)50-82-66-62(80)59(77)64(54(48-71)84-66)87-68-63(81)60(78)65(55(49-72)85-68)86-67-61(79)58(76)57(75)53(47-70)83-67/h43,45,51-55,57-68,70-73,75-81H,3-42,44,46-50H2,1-2H3,(H,69,74)/b45-43+. The Kier molecular flexibility index (Phi) is 46.8. The summed E-state index contributed by atoms with van der Waals surface area (Å²) in [5.41, 5.74) is 0. The molecule has 87 heavy (non-hydrogen) atoms. The summed E-state index contributed by atoms with van der Waals surface area (Å²) in [5, 5.41) is 121. The van der Waals surface area contributed by atoms with Gasteiger partial charge >= 0.3 is 0 Å². The molecule has 17 atom stereocenters. The number of allylic oxidation sites excluding steroid dienone is 1. The maximum absolute atomic E-state index is 13.4. The van der Waals surface area contributed by atoms with Gasteiger partial charge in [-0.25, -0.2) is 0 Å². The summed E-state index contributed by atoms with van der Waals surface area (Å²) < 4.78 is 34.4. The summed E-state index contributed by atoms with van der Waals surface area (Å²) in [6.45, 7) is 1.78. The highest BCUT2D eigenvalue weighted by atomic mass is 16.8. The highest BCUT2D eigenvalue weighted by Gasteiger charge is 2.53. The van der Waals surface area contributed by atoms with Crippen LogP contribution >= 0.6 is 0 Å². The molecule has 0 aromatic rings. The van der Waals surface area contributed by atoms with Crippen LogP contribution in [0.5, 0.6) is 0 Å². The zero-order valence-electron chi connectivity index (χ0n) is 54.3. The number of aliphatic hydroxyl groups is 11. The molecule has 3 fully saturated rings. The van der Waals surface area contributed by atoms with Crippen LogP contribution in [0, 0.1) is 0 Å². The fourth-order valence-corrected chi connectivity index (χ4v) is 12.3. The Balaban J connectivity index is 1.43. The lowest BCUT2D eigenvalue weighted by molar-refractivity contribution is -0.379. The molecule has 3 aliphatic rings. The van der Waals surface area contributed by atoms with Crippen LogP contribution in [0.25, 0.3) is 0 Å². The number of unbranched alkanes of at least 4 members (excludes halogenated alkanes) is 39. The molecule has 0 bridgehead atoms. The second kappa shape index (κ2) is 51.0. The maximum atomic E-state index is 13.4. The third-order valence-corrected chi connectivity index (χ3v) is 18.1. The van der Waals surface area contributed by atoms with Gasteiger partial charge in [-0.3, -0.25) is 4.79 Å². The normalized spacial score (nSPS) is 28.6. The van der Waals surface area contributed by atoms with Crippen LogP contribution in [0.15, 0.2) is 12.2 Å². The molecule has 3 heterocycles. The van der Waals surface area contributed by atoms with E-state index in [1.165, 1.54) is 212 Å². The molecule has 3 saturated heterocycles. The maximum Gasteiger partial charge on any atom is 0.220 e. The summed E-state index contributed by atoms with van der Waals surface area (Å²) in [7, 11) is 0. The van der Waals surface area contributed by atoms with Crippen molar-refractivity contribution in [3.63, 3.8) is 0 Å². The second-order valence-corrected chi connectivity index (χ2v) is 25.7. The van der Waals surface area contributed by atoms with Crippen LogP contribution in [-0.4, -0.2) is 193 Å². The Bertz CT molecular complexity index is 1630. The minimum Gasteiger partial charge on any atom is -0.394 e. The van der Waals surface area contributed by atoms with Gasteiger partial charge in [0.05, 0.1) is 38.6 Å². The van der Waals surface area contributed by atoms with Gasteiger partial charge in [-0.2, -0.15) is 0 Å². The molecule has 514 valence electrons. The molecule has 3 rings (SSSR count). The molecule has 3 aliphatic heterocycles. The van der Waals surface area contributed by atoms with Crippen molar-refractivity contribution in [2.45, 2.75) is 388 Å². The van der Waals surface area contributed by atoms with Crippen LogP contribution in [0.4, 0.5) is 0 Å². The van der Waals surface area contributed by atoms with Crippen LogP contribution in [0.3, 0.4) is 0 Å². The quantitative estimate of drug-likeness (QED) is 0.0199. The first-order valence-electron chi connectivity index (χ1n) is 35.4. The molecule has 0 spiro atoms. The van der Waals surface area contributed by atoms with Crippen molar-refractivity contribution in [3.8, 4) is 0 Å². The second-order valence-electron chi connectivity index (χ2n) is 25.7. The molecule has 0 saturated carbocycles. The van der Waals surface area contributed by atoms with E-state index in [9.17, 15) is 61.0 Å². The number of nitrogens with one attached hydrogen (secondary N) is 1. The number of carbonyl (C=O) groups excluding carboxylic acids is 1. The molecule has 0 aromatic heterocycles. The van der Waals surface area contributed by atoms with Crippen molar-refractivity contribution in [2.24, 2.45) is 0 Å². The van der Waals surface area contributed by atoms with Crippen LogP contribution in [0.2, 0.25) is 0 Å². The lowest BCUT2D eigenvalue weighted by atomic mass is 9.96. The van der Waals surface area contributed by atoms with Crippen LogP contribution < -0.4 is 5.32 Å². The Labute approximate surface area is 525 Å². The van der Waals surface area contributed by atoms with Gasteiger partial charge in [0.1, 0.15) is 73.2 Å². The van der Waals surface area contributed by atoms with E-state index in [-0.39, 0.29) is 18.9 Å². The number of hydrogen-bond acceptors (Lipinski definition) is 18. The molecule has 0 aromatic carbocycles. The first kappa shape index (κ1) is 79.8. The van der Waals surface area contributed by atoms with Gasteiger partial charge in [-0.15, -0.1) is 0 Å². The van der Waals surface area contributed by atoms with Crippen molar-refractivity contribution >= 4 is 5.91 Å². The van der Waals surface area contributed by atoms with Crippen molar-refractivity contribution in [1.29, 1.82) is 0 Å². The third-order valence-electron chi connectivity index (χ3n) is 18.1. The number of ether oxygens (including phenoxy) is 6. The highest BCUT2D eigenvalue weighted by Crippen LogP contribution is 2.33. The van der Waals surface area contributed by atoms with Crippen LogP contribution in [-0.2, 0) is 33.2 Å². The van der Waals surface area contributed by atoms with Crippen LogP contribution in [0.1, 0.15) is 284 Å². The van der Waals surface area contributed by atoms with Gasteiger partial charge in [-0.1, -0.05) is 270 Å². The third kappa shape index (κ3) is 33.3. The first-order valence-corrected chi connectivity index (χ1v) is 35.4. The summed E-state index contributed by atoms with van der Waals surface area (Å²) in [6.07, 6.45) is 29.0. The van der Waals surface area contributed by atoms with Gasteiger partial charge in [0.15, 0.2) is 18.9 Å². The summed E-state index contributed by atoms with van der Waals surface area (Å²) in [6, 6.07) is -0.968. The van der Waals surface area contributed by atoms with E-state index in [1.54, 1.807) is 6.08 Å². The Morgan fingerprint density at radius 2 is 0.713 bits per heavy atom. The topological polar surface area (TPSA) is 307 Å².